The van der Waals surface area contributed by atoms with Gasteiger partial charge < -0.3 is 10.1 Å². The van der Waals surface area contributed by atoms with E-state index in [1.807, 2.05) is 0 Å². The van der Waals surface area contributed by atoms with Crippen LogP contribution in [-0.4, -0.2) is 21.4 Å². The van der Waals surface area contributed by atoms with Crippen LogP contribution in [0.2, 0.25) is 0 Å². The minimum atomic E-state index is -3.94. The summed E-state index contributed by atoms with van der Waals surface area (Å²) >= 11 is 3.30. The lowest BCUT2D eigenvalue weighted by Gasteiger charge is -2.11. The number of carbonyl (C=O) groups excluding carboxylic acids is 1. The number of carbonyl (C=O) groups is 1. The summed E-state index contributed by atoms with van der Waals surface area (Å²) < 4.78 is 46.8. The van der Waals surface area contributed by atoms with Gasteiger partial charge in [0.15, 0.2) is 0 Å². The van der Waals surface area contributed by atoms with Gasteiger partial charge in [0.05, 0.1) is 22.2 Å². The fraction of sp³-hybridized carbons (Fsp3) is 0.0500. The Bertz CT molecular complexity index is 1170. The standard InChI is InChI=1S/C20H16BrFN2O4S/c1-28-19-9-8-16(12-18(19)21)24-29(26,27)17-7-2-4-13(10-17)20(25)23-15-6-3-5-14(22)11-15/h2-12,24H,1H3,(H,23,25). The van der Waals surface area contributed by atoms with E-state index in [2.05, 4.69) is 26.0 Å². The van der Waals surface area contributed by atoms with Crippen LogP contribution in [-0.2, 0) is 10.0 Å². The van der Waals surface area contributed by atoms with E-state index >= 15 is 0 Å². The molecule has 9 heteroatoms. The highest BCUT2D eigenvalue weighted by Crippen LogP contribution is 2.29. The molecular weight excluding hydrogens is 463 g/mol. The average Bonchev–Trinajstić information content (AvgIpc) is 2.68. The molecular formula is C20H16BrFN2O4S. The number of hydrogen-bond donors (Lipinski definition) is 2. The molecule has 150 valence electrons. The van der Waals surface area contributed by atoms with E-state index < -0.39 is 21.7 Å². The van der Waals surface area contributed by atoms with E-state index in [1.165, 1.54) is 55.6 Å². The fourth-order valence-electron chi connectivity index (χ4n) is 2.52. The average molecular weight is 479 g/mol. The highest BCUT2D eigenvalue weighted by Gasteiger charge is 2.17. The second-order valence-corrected chi connectivity index (χ2v) is 8.48. The predicted octanol–water partition coefficient (Wildman–Crippen LogP) is 4.65. The van der Waals surface area contributed by atoms with Crippen LogP contribution >= 0.6 is 15.9 Å². The topological polar surface area (TPSA) is 84.5 Å². The number of hydrogen-bond acceptors (Lipinski definition) is 4. The van der Waals surface area contributed by atoms with Gasteiger partial charge in [-0.15, -0.1) is 0 Å². The maximum atomic E-state index is 13.3. The number of anilines is 2. The monoisotopic (exact) mass is 478 g/mol. The SMILES string of the molecule is COc1ccc(NS(=O)(=O)c2cccc(C(=O)Nc3cccc(F)c3)c2)cc1Br. The summed E-state index contributed by atoms with van der Waals surface area (Å²) in [5, 5.41) is 2.53. The molecule has 3 rings (SSSR count). The molecule has 6 nitrogen and oxygen atoms in total. The number of sulfonamides is 1. The predicted molar refractivity (Wildman–Crippen MR) is 112 cm³/mol. The molecule has 0 heterocycles. The van der Waals surface area contributed by atoms with Crippen molar-refractivity contribution < 1.29 is 22.3 Å². The molecule has 3 aromatic rings. The van der Waals surface area contributed by atoms with Crippen molar-refractivity contribution in [1.29, 1.82) is 0 Å². The number of benzene rings is 3. The minimum absolute atomic E-state index is 0.0867. The number of ether oxygens (including phenoxy) is 1. The molecule has 0 radical (unpaired) electrons. The second-order valence-electron chi connectivity index (χ2n) is 5.95. The van der Waals surface area contributed by atoms with Gasteiger partial charge in [-0.05, 0) is 70.5 Å². The van der Waals surface area contributed by atoms with Crippen LogP contribution in [0.25, 0.3) is 0 Å². The van der Waals surface area contributed by atoms with Gasteiger partial charge in [0, 0.05) is 11.3 Å². The first-order valence-corrected chi connectivity index (χ1v) is 10.6. The molecule has 0 aromatic heterocycles. The maximum Gasteiger partial charge on any atom is 0.261 e. The van der Waals surface area contributed by atoms with E-state index in [0.29, 0.717) is 15.9 Å². The summed E-state index contributed by atoms with van der Waals surface area (Å²) in [6.45, 7) is 0. The van der Waals surface area contributed by atoms with E-state index in [4.69, 9.17) is 4.74 Å². The van der Waals surface area contributed by atoms with Crippen LogP contribution in [0.15, 0.2) is 76.1 Å². The lowest BCUT2D eigenvalue weighted by molar-refractivity contribution is 0.102. The number of halogens is 2. The Kier molecular flexibility index (Phi) is 6.19. The van der Waals surface area contributed by atoms with Crippen molar-refractivity contribution in [2.45, 2.75) is 4.90 Å². The van der Waals surface area contributed by atoms with Crippen molar-refractivity contribution in [1.82, 2.24) is 0 Å². The van der Waals surface area contributed by atoms with Gasteiger partial charge >= 0.3 is 0 Å². The van der Waals surface area contributed by atoms with Gasteiger partial charge in [-0.1, -0.05) is 12.1 Å². The minimum Gasteiger partial charge on any atom is -0.496 e. The van der Waals surface area contributed by atoms with Crippen molar-refractivity contribution >= 4 is 43.2 Å². The van der Waals surface area contributed by atoms with Crippen LogP contribution < -0.4 is 14.8 Å². The summed E-state index contributed by atoms with van der Waals surface area (Å²) in [5.74, 6) is -0.488. The quantitative estimate of drug-likeness (QED) is 0.539. The largest absolute Gasteiger partial charge is 0.496 e. The summed E-state index contributed by atoms with van der Waals surface area (Å²) in [7, 11) is -2.43. The number of rotatable bonds is 6. The van der Waals surface area contributed by atoms with Crippen LogP contribution in [0.5, 0.6) is 5.75 Å². The van der Waals surface area contributed by atoms with Gasteiger partial charge in [-0.3, -0.25) is 9.52 Å². The zero-order valence-corrected chi connectivity index (χ0v) is 17.6. The van der Waals surface area contributed by atoms with Crippen molar-refractivity contribution in [3.05, 3.63) is 82.6 Å². The van der Waals surface area contributed by atoms with E-state index in [9.17, 15) is 17.6 Å². The Morgan fingerprint density at radius 1 is 1.00 bits per heavy atom. The molecule has 0 aliphatic rings. The fourth-order valence-corrected chi connectivity index (χ4v) is 4.15. The van der Waals surface area contributed by atoms with Gasteiger partial charge in [0.1, 0.15) is 11.6 Å². The summed E-state index contributed by atoms with van der Waals surface area (Å²) in [4.78, 5) is 12.3. The van der Waals surface area contributed by atoms with E-state index in [-0.39, 0.29) is 16.1 Å². The van der Waals surface area contributed by atoms with Crippen molar-refractivity contribution in [3.63, 3.8) is 0 Å². The first kappa shape index (κ1) is 20.8. The Labute approximate surface area is 175 Å². The van der Waals surface area contributed by atoms with Crippen LogP contribution in [0.1, 0.15) is 10.4 Å². The molecule has 29 heavy (non-hydrogen) atoms. The van der Waals surface area contributed by atoms with Gasteiger partial charge in [0.25, 0.3) is 15.9 Å². The Hall–Kier alpha value is -2.91. The van der Waals surface area contributed by atoms with Gasteiger partial charge in [-0.2, -0.15) is 0 Å². The van der Waals surface area contributed by atoms with Crippen molar-refractivity contribution in [2.24, 2.45) is 0 Å². The van der Waals surface area contributed by atoms with Crippen LogP contribution in [0, 0.1) is 5.82 Å². The van der Waals surface area contributed by atoms with Crippen LogP contribution in [0.3, 0.4) is 0 Å². The second kappa shape index (κ2) is 8.62. The summed E-state index contributed by atoms with van der Waals surface area (Å²) in [5.41, 5.74) is 0.713. The molecule has 0 spiro atoms. The normalized spacial score (nSPS) is 11.0. The Morgan fingerprint density at radius 3 is 2.45 bits per heavy atom. The van der Waals surface area contributed by atoms with Crippen molar-refractivity contribution in [2.75, 3.05) is 17.1 Å². The molecule has 0 unspecified atom stereocenters. The van der Waals surface area contributed by atoms with Crippen LogP contribution in [0.4, 0.5) is 15.8 Å². The van der Waals surface area contributed by atoms with Gasteiger partial charge in [0.2, 0.25) is 0 Å². The van der Waals surface area contributed by atoms with E-state index in [1.54, 1.807) is 18.2 Å². The number of nitrogens with one attached hydrogen (secondary N) is 2. The summed E-state index contributed by atoms with van der Waals surface area (Å²) in [6.07, 6.45) is 0. The highest BCUT2D eigenvalue weighted by atomic mass is 79.9. The molecule has 3 aromatic carbocycles. The Morgan fingerprint density at radius 2 is 1.76 bits per heavy atom. The molecule has 2 N–H and O–H groups in total. The first-order chi connectivity index (χ1) is 13.8. The molecule has 0 aliphatic carbocycles. The first-order valence-electron chi connectivity index (χ1n) is 8.32. The summed E-state index contributed by atoms with van der Waals surface area (Å²) in [6, 6.07) is 15.7. The van der Waals surface area contributed by atoms with Crippen molar-refractivity contribution in [3.8, 4) is 5.75 Å². The van der Waals surface area contributed by atoms with E-state index in [0.717, 1.165) is 0 Å². The number of amides is 1. The highest BCUT2D eigenvalue weighted by molar-refractivity contribution is 9.10. The number of methoxy groups -OCH3 is 1. The third-order valence-corrected chi connectivity index (χ3v) is 5.89. The molecule has 1 amide bonds. The molecule has 0 bridgehead atoms. The third kappa shape index (κ3) is 5.12. The molecule has 0 aliphatic heterocycles. The molecule has 0 fully saturated rings. The molecule has 0 atom stereocenters. The molecule has 0 saturated carbocycles. The third-order valence-electron chi connectivity index (χ3n) is 3.89. The zero-order valence-electron chi connectivity index (χ0n) is 15.1. The van der Waals surface area contributed by atoms with Gasteiger partial charge in [-0.25, -0.2) is 12.8 Å². The zero-order chi connectivity index (χ0) is 21.0. The maximum absolute atomic E-state index is 13.3. The lowest BCUT2D eigenvalue weighted by atomic mass is 10.2. The smallest absolute Gasteiger partial charge is 0.261 e. The lowest BCUT2D eigenvalue weighted by Crippen LogP contribution is -2.16. The molecule has 0 saturated heterocycles. The Balaban J connectivity index is 1.82.